The first-order chi connectivity index (χ1) is 6.52. The fourth-order valence-corrected chi connectivity index (χ4v) is 2.66. The molecule has 0 amide bonds. The zero-order chi connectivity index (χ0) is 10.6. The Kier molecular flexibility index (Phi) is 4.74. The van der Waals surface area contributed by atoms with E-state index in [0.717, 1.165) is 18.3 Å². The summed E-state index contributed by atoms with van der Waals surface area (Å²) in [5, 5.41) is 4.15. The van der Waals surface area contributed by atoms with Gasteiger partial charge in [0.2, 0.25) is 0 Å². The van der Waals surface area contributed by atoms with Crippen LogP contribution in [0, 0.1) is 0 Å². The highest BCUT2D eigenvalue weighted by Gasteiger charge is 2.27. The molecule has 1 aliphatic rings. The van der Waals surface area contributed by atoms with Gasteiger partial charge >= 0.3 is 0 Å². The Balaban J connectivity index is 2.37. The molecule has 0 bridgehead atoms. The maximum Gasteiger partial charge on any atom is 0.0244 e. The third-order valence-electron chi connectivity index (χ3n) is 2.74. The number of nitrogens with zero attached hydrogens (tertiary/aromatic N) is 1. The van der Waals surface area contributed by atoms with Gasteiger partial charge in [-0.15, -0.1) is 0 Å². The highest BCUT2D eigenvalue weighted by atomic mass is 32.2. The molecule has 2 nitrogen and oxygen atoms in total. The Labute approximate surface area is 92.8 Å². The lowest BCUT2D eigenvalue weighted by Crippen LogP contribution is -2.54. The highest BCUT2D eigenvalue weighted by molar-refractivity contribution is 7.99. The smallest absolute Gasteiger partial charge is 0.0244 e. The second kappa shape index (κ2) is 5.38. The van der Waals surface area contributed by atoms with Crippen LogP contribution in [0.2, 0.25) is 0 Å². The van der Waals surface area contributed by atoms with E-state index >= 15 is 0 Å². The van der Waals surface area contributed by atoms with E-state index in [4.69, 9.17) is 0 Å². The molecular weight excluding hydrogens is 192 g/mol. The molecule has 14 heavy (non-hydrogen) atoms. The third kappa shape index (κ3) is 3.79. The molecule has 1 N–H and O–H groups in total. The molecule has 1 saturated heterocycles. The van der Waals surface area contributed by atoms with Gasteiger partial charge in [0.15, 0.2) is 0 Å². The van der Waals surface area contributed by atoms with Crippen LogP contribution in [-0.2, 0) is 0 Å². The lowest BCUT2D eigenvalue weighted by Gasteiger charge is -2.41. The average molecular weight is 216 g/mol. The maximum atomic E-state index is 3.40. The molecule has 0 unspecified atom stereocenters. The van der Waals surface area contributed by atoms with Crippen molar-refractivity contribution < 1.29 is 0 Å². The first-order valence-corrected chi connectivity index (χ1v) is 6.64. The quantitative estimate of drug-likeness (QED) is 0.771. The van der Waals surface area contributed by atoms with E-state index in [0.29, 0.717) is 5.54 Å². The van der Waals surface area contributed by atoms with Crippen LogP contribution in [0.4, 0.5) is 0 Å². The largest absolute Gasteiger partial charge is 0.314 e. The van der Waals surface area contributed by atoms with Gasteiger partial charge < -0.3 is 5.32 Å². The molecular formula is C11H24N2S. The second-order valence-corrected chi connectivity index (χ2v) is 6.47. The lowest BCUT2D eigenvalue weighted by atomic mass is 10.1. The molecule has 3 heteroatoms. The number of thioether (sulfide) groups is 1. The predicted molar refractivity (Wildman–Crippen MR) is 66.1 cm³/mol. The van der Waals surface area contributed by atoms with Crippen molar-refractivity contribution in [1.82, 2.24) is 10.2 Å². The van der Waals surface area contributed by atoms with Crippen LogP contribution in [0.5, 0.6) is 0 Å². The van der Waals surface area contributed by atoms with E-state index in [1.807, 2.05) is 0 Å². The first kappa shape index (κ1) is 12.3. The molecule has 0 radical (unpaired) electrons. The fraction of sp³-hybridized carbons (Fsp3) is 1.00. The van der Waals surface area contributed by atoms with E-state index in [2.05, 4.69) is 49.7 Å². The number of rotatable bonds is 4. The normalized spacial score (nSPS) is 20.4. The molecule has 1 fully saturated rings. The Hall–Kier alpha value is 0.270. The number of nitrogens with one attached hydrogen (secondary N) is 1. The minimum atomic E-state index is 0.358. The molecule has 1 aliphatic heterocycles. The summed E-state index contributed by atoms with van der Waals surface area (Å²) >= 11 is 2.07. The summed E-state index contributed by atoms with van der Waals surface area (Å²) in [6.07, 6.45) is 0. The molecule has 0 aliphatic carbocycles. The monoisotopic (exact) mass is 216 g/mol. The Bertz CT molecular complexity index is 163. The SMILES string of the molecule is CC(C)SCC(C)(C)N1CCNCC1. The average Bonchev–Trinajstić information content (AvgIpc) is 2.16. The molecule has 1 heterocycles. The van der Waals surface area contributed by atoms with Crippen molar-refractivity contribution >= 4 is 11.8 Å². The van der Waals surface area contributed by atoms with Gasteiger partial charge in [-0.2, -0.15) is 11.8 Å². The van der Waals surface area contributed by atoms with Crippen molar-refractivity contribution in [3.05, 3.63) is 0 Å². The molecule has 0 saturated carbocycles. The highest BCUT2D eigenvalue weighted by Crippen LogP contribution is 2.23. The molecule has 0 spiro atoms. The number of piperazine rings is 1. The van der Waals surface area contributed by atoms with Gasteiger partial charge in [-0.3, -0.25) is 4.90 Å². The van der Waals surface area contributed by atoms with Crippen molar-refractivity contribution in [2.24, 2.45) is 0 Å². The summed E-state index contributed by atoms with van der Waals surface area (Å²) in [5.41, 5.74) is 0.358. The van der Waals surface area contributed by atoms with E-state index in [1.54, 1.807) is 0 Å². The minimum Gasteiger partial charge on any atom is -0.314 e. The molecule has 1 rings (SSSR count). The van der Waals surface area contributed by atoms with Crippen LogP contribution in [0.15, 0.2) is 0 Å². The maximum absolute atomic E-state index is 3.40. The van der Waals surface area contributed by atoms with Gasteiger partial charge in [-0.1, -0.05) is 13.8 Å². The van der Waals surface area contributed by atoms with Crippen LogP contribution in [0.3, 0.4) is 0 Å². The van der Waals surface area contributed by atoms with Gasteiger partial charge in [0, 0.05) is 37.5 Å². The van der Waals surface area contributed by atoms with Crippen molar-refractivity contribution in [2.45, 2.75) is 38.5 Å². The van der Waals surface area contributed by atoms with Gasteiger partial charge in [0.1, 0.15) is 0 Å². The summed E-state index contributed by atoms with van der Waals surface area (Å²) < 4.78 is 0. The molecule has 0 aromatic rings. The van der Waals surface area contributed by atoms with Crippen LogP contribution >= 0.6 is 11.8 Å². The van der Waals surface area contributed by atoms with Crippen molar-refractivity contribution in [1.29, 1.82) is 0 Å². The van der Waals surface area contributed by atoms with Crippen molar-refractivity contribution in [3.8, 4) is 0 Å². The Morgan fingerprint density at radius 2 is 1.86 bits per heavy atom. The standard InChI is InChI=1S/C11H24N2S/c1-10(2)14-9-11(3,4)13-7-5-12-6-8-13/h10,12H,5-9H2,1-4H3. The van der Waals surface area contributed by atoms with Crippen LogP contribution < -0.4 is 5.32 Å². The summed E-state index contributed by atoms with van der Waals surface area (Å²) in [7, 11) is 0. The van der Waals surface area contributed by atoms with E-state index < -0.39 is 0 Å². The minimum absolute atomic E-state index is 0.358. The zero-order valence-electron chi connectivity index (χ0n) is 9.97. The van der Waals surface area contributed by atoms with Crippen molar-refractivity contribution in [2.75, 3.05) is 31.9 Å². The van der Waals surface area contributed by atoms with E-state index in [9.17, 15) is 0 Å². The Morgan fingerprint density at radius 3 is 2.36 bits per heavy atom. The molecule has 84 valence electrons. The van der Waals surface area contributed by atoms with Crippen LogP contribution in [-0.4, -0.2) is 47.6 Å². The first-order valence-electron chi connectivity index (χ1n) is 5.60. The third-order valence-corrected chi connectivity index (χ3v) is 4.28. The number of hydrogen-bond donors (Lipinski definition) is 1. The van der Waals surface area contributed by atoms with Crippen LogP contribution in [0.25, 0.3) is 0 Å². The Morgan fingerprint density at radius 1 is 1.29 bits per heavy atom. The second-order valence-electron chi connectivity index (χ2n) is 4.91. The summed E-state index contributed by atoms with van der Waals surface area (Å²) in [4.78, 5) is 2.61. The number of hydrogen-bond acceptors (Lipinski definition) is 3. The van der Waals surface area contributed by atoms with Crippen LogP contribution in [0.1, 0.15) is 27.7 Å². The lowest BCUT2D eigenvalue weighted by molar-refractivity contribution is 0.123. The predicted octanol–water partition coefficient (Wildman–Crippen LogP) is 1.81. The zero-order valence-corrected chi connectivity index (χ0v) is 10.8. The molecule has 0 aromatic heterocycles. The fourth-order valence-electron chi connectivity index (χ4n) is 1.73. The summed E-state index contributed by atoms with van der Waals surface area (Å²) in [5.74, 6) is 1.24. The van der Waals surface area contributed by atoms with E-state index in [-0.39, 0.29) is 0 Å². The summed E-state index contributed by atoms with van der Waals surface area (Å²) in [6, 6.07) is 0. The van der Waals surface area contributed by atoms with Gasteiger partial charge in [0.25, 0.3) is 0 Å². The van der Waals surface area contributed by atoms with Gasteiger partial charge in [0.05, 0.1) is 0 Å². The topological polar surface area (TPSA) is 15.3 Å². The van der Waals surface area contributed by atoms with E-state index in [1.165, 1.54) is 18.8 Å². The van der Waals surface area contributed by atoms with Crippen molar-refractivity contribution in [3.63, 3.8) is 0 Å². The summed E-state index contributed by atoms with van der Waals surface area (Å²) in [6.45, 7) is 14.0. The van der Waals surface area contributed by atoms with Gasteiger partial charge in [-0.05, 0) is 19.1 Å². The van der Waals surface area contributed by atoms with Gasteiger partial charge in [-0.25, -0.2) is 0 Å². The molecule has 0 atom stereocenters. The molecule has 0 aromatic carbocycles.